The Morgan fingerprint density at radius 1 is 0.469 bits per heavy atom. The van der Waals surface area contributed by atoms with Crippen molar-refractivity contribution < 1.29 is 13.3 Å². The number of para-hydroxylation sites is 4. The van der Waals surface area contributed by atoms with E-state index in [-0.39, 0.29) is 12.0 Å². The second kappa shape index (κ2) is 13.4. The van der Waals surface area contributed by atoms with Crippen LogP contribution in [0.2, 0.25) is 0 Å². The molecule has 6 heteroatoms. The standard InChI is InChI=1S/C58H37N3O3/c1-2-38-56(35-23-25-52-44(28-35)40-16-6-10-20-49(40)62-52)59-58(60-57(38)36-24-26-53-45(29-36)41-17-7-11-21-50(41)63-53)46-31-37(32-54-55(46)42-18-8-12-22-51(42)64-54)61-47-19-9-5-15-39(47)43-27-33-13-3-4-14-34(33)30-48(43)61/h3-32,38,56H,2H2,1H3/t38-,56?/m0/s1. The van der Waals surface area contributed by atoms with Gasteiger partial charge in [0.05, 0.1) is 28.5 Å². The maximum Gasteiger partial charge on any atom is 0.156 e. The van der Waals surface area contributed by atoms with Crippen LogP contribution in [0, 0.1) is 5.92 Å². The summed E-state index contributed by atoms with van der Waals surface area (Å²) in [6.07, 6.45) is 0.827. The summed E-state index contributed by atoms with van der Waals surface area (Å²) in [5.74, 6) is 0.643. The van der Waals surface area contributed by atoms with Crippen LogP contribution in [-0.2, 0) is 0 Å². The second-order valence-electron chi connectivity index (χ2n) is 17.1. The van der Waals surface area contributed by atoms with E-state index < -0.39 is 0 Å². The minimum Gasteiger partial charge on any atom is -0.456 e. The Hall–Kier alpha value is -8.22. The van der Waals surface area contributed by atoms with Gasteiger partial charge in [-0.1, -0.05) is 110 Å². The van der Waals surface area contributed by atoms with E-state index in [1.165, 1.54) is 21.5 Å². The molecule has 1 unspecified atom stereocenters. The van der Waals surface area contributed by atoms with E-state index in [1.54, 1.807) is 0 Å². The molecule has 5 heterocycles. The molecule has 0 spiro atoms. The lowest BCUT2D eigenvalue weighted by atomic mass is 9.82. The quantitative estimate of drug-likeness (QED) is 0.174. The number of hydrogen-bond acceptors (Lipinski definition) is 5. The Labute approximate surface area is 366 Å². The average Bonchev–Trinajstić information content (AvgIpc) is 4.11. The minimum atomic E-state index is -0.251. The van der Waals surface area contributed by atoms with Gasteiger partial charge in [0, 0.05) is 60.6 Å². The predicted octanol–water partition coefficient (Wildman–Crippen LogP) is 15.7. The molecule has 13 aromatic rings. The molecule has 0 bridgehead atoms. The Kier molecular flexibility index (Phi) is 7.40. The van der Waals surface area contributed by atoms with Gasteiger partial charge in [-0.15, -0.1) is 0 Å². The number of aliphatic imine (C=N–C) groups is 2. The van der Waals surface area contributed by atoms with Gasteiger partial charge in [0.1, 0.15) is 33.5 Å². The van der Waals surface area contributed by atoms with Crippen molar-refractivity contribution in [1.82, 2.24) is 4.57 Å². The number of nitrogens with zero attached hydrogens (tertiary/aromatic N) is 3. The highest BCUT2D eigenvalue weighted by atomic mass is 16.3. The smallest absolute Gasteiger partial charge is 0.156 e. The summed E-state index contributed by atoms with van der Waals surface area (Å²) < 4.78 is 21.8. The predicted molar refractivity (Wildman–Crippen MR) is 263 cm³/mol. The fourth-order valence-electron chi connectivity index (χ4n) is 10.6. The zero-order valence-corrected chi connectivity index (χ0v) is 34.7. The van der Waals surface area contributed by atoms with Crippen LogP contribution in [0.1, 0.15) is 36.1 Å². The number of furan rings is 3. The molecule has 14 rings (SSSR count). The molecule has 0 amide bonds. The van der Waals surface area contributed by atoms with Crippen molar-refractivity contribution in [2.24, 2.45) is 15.9 Å². The van der Waals surface area contributed by atoms with Gasteiger partial charge < -0.3 is 17.8 Å². The molecule has 64 heavy (non-hydrogen) atoms. The molecule has 9 aromatic carbocycles. The van der Waals surface area contributed by atoms with Gasteiger partial charge in [-0.3, -0.25) is 4.99 Å². The van der Waals surface area contributed by atoms with Crippen LogP contribution >= 0.6 is 0 Å². The molecule has 0 radical (unpaired) electrons. The second-order valence-corrected chi connectivity index (χ2v) is 17.1. The summed E-state index contributed by atoms with van der Waals surface area (Å²) in [4.78, 5) is 11.5. The monoisotopic (exact) mass is 823 g/mol. The summed E-state index contributed by atoms with van der Waals surface area (Å²) in [6.45, 7) is 2.25. The number of rotatable bonds is 5. The molecule has 0 aliphatic carbocycles. The van der Waals surface area contributed by atoms with Crippen LogP contribution in [0.3, 0.4) is 0 Å². The van der Waals surface area contributed by atoms with Crippen molar-refractivity contribution in [3.05, 3.63) is 199 Å². The number of benzene rings is 9. The Bertz CT molecular complexity index is 4160. The molecule has 0 N–H and O–H groups in total. The zero-order valence-electron chi connectivity index (χ0n) is 34.7. The van der Waals surface area contributed by atoms with Gasteiger partial charge in [-0.05, 0) is 101 Å². The molecule has 0 saturated carbocycles. The summed E-state index contributed by atoms with van der Waals surface area (Å²) in [5.41, 5.74) is 12.4. The molecule has 1 aliphatic heterocycles. The largest absolute Gasteiger partial charge is 0.456 e. The lowest BCUT2D eigenvalue weighted by Gasteiger charge is -2.30. The molecule has 0 fully saturated rings. The van der Waals surface area contributed by atoms with Crippen molar-refractivity contribution in [3.8, 4) is 5.69 Å². The number of fused-ring (bicyclic) bond motifs is 13. The van der Waals surface area contributed by atoms with Crippen molar-refractivity contribution in [2.45, 2.75) is 19.4 Å². The zero-order chi connectivity index (χ0) is 42.0. The molecular weight excluding hydrogens is 787 g/mol. The maximum atomic E-state index is 6.81. The third-order valence-corrected chi connectivity index (χ3v) is 13.6. The molecule has 1 aliphatic rings. The van der Waals surface area contributed by atoms with E-state index in [2.05, 4.69) is 157 Å². The molecule has 4 aromatic heterocycles. The van der Waals surface area contributed by atoms with Crippen LogP contribution in [0.25, 0.3) is 104 Å². The first kappa shape index (κ1) is 35.4. The number of amidine groups is 1. The SMILES string of the molecule is CC[C@@H]1C(c2ccc3oc4ccccc4c3c2)=NC(c2cc(-n3c4ccccc4c4cc5ccccc5cc43)cc3oc4ccccc4c23)=NC1c1ccc2oc3ccccc3c2c1. The van der Waals surface area contributed by atoms with Gasteiger partial charge in [-0.2, -0.15) is 0 Å². The topological polar surface area (TPSA) is 69.1 Å². The van der Waals surface area contributed by atoms with Crippen LogP contribution in [0.4, 0.5) is 0 Å². The van der Waals surface area contributed by atoms with E-state index in [1.807, 2.05) is 36.4 Å². The highest BCUT2D eigenvalue weighted by Gasteiger charge is 2.34. The third-order valence-electron chi connectivity index (χ3n) is 13.6. The molecule has 6 nitrogen and oxygen atoms in total. The van der Waals surface area contributed by atoms with Gasteiger partial charge in [0.2, 0.25) is 0 Å². The third kappa shape index (κ3) is 5.14. The minimum absolute atomic E-state index is 0.0274. The highest BCUT2D eigenvalue weighted by Crippen LogP contribution is 2.43. The van der Waals surface area contributed by atoms with Crippen LogP contribution in [0.5, 0.6) is 0 Å². The normalized spacial score (nSPS) is 15.8. The molecular formula is C58H37N3O3. The lowest BCUT2D eigenvalue weighted by Crippen LogP contribution is -2.28. The van der Waals surface area contributed by atoms with E-state index in [9.17, 15) is 0 Å². The van der Waals surface area contributed by atoms with Crippen molar-refractivity contribution in [3.63, 3.8) is 0 Å². The van der Waals surface area contributed by atoms with E-state index in [4.69, 9.17) is 23.2 Å². The fraction of sp³-hybridized carbons (Fsp3) is 0.0690. The first-order chi connectivity index (χ1) is 31.6. The van der Waals surface area contributed by atoms with Gasteiger partial charge >= 0.3 is 0 Å². The van der Waals surface area contributed by atoms with E-state index in [0.29, 0.717) is 5.84 Å². The van der Waals surface area contributed by atoms with E-state index in [0.717, 1.165) is 111 Å². The van der Waals surface area contributed by atoms with Crippen molar-refractivity contribution in [2.75, 3.05) is 0 Å². The van der Waals surface area contributed by atoms with E-state index >= 15 is 0 Å². The first-order valence-electron chi connectivity index (χ1n) is 22.0. The number of hydrogen-bond donors (Lipinski definition) is 0. The Morgan fingerprint density at radius 3 is 1.81 bits per heavy atom. The fourth-order valence-corrected chi connectivity index (χ4v) is 10.6. The van der Waals surface area contributed by atoms with Gasteiger partial charge in [0.15, 0.2) is 5.84 Å². The lowest BCUT2D eigenvalue weighted by molar-refractivity contribution is 0.533. The van der Waals surface area contributed by atoms with Crippen LogP contribution in [-0.4, -0.2) is 16.1 Å². The van der Waals surface area contributed by atoms with Crippen molar-refractivity contribution in [1.29, 1.82) is 0 Å². The molecule has 0 saturated heterocycles. The van der Waals surface area contributed by atoms with Gasteiger partial charge in [-0.25, -0.2) is 4.99 Å². The highest BCUT2D eigenvalue weighted by molar-refractivity contribution is 6.24. The summed E-state index contributed by atoms with van der Waals surface area (Å²) >= 11 is 0. The number of aromatic nitrogens is 1. The maximum absolute atomic E-state index is 6.81. The van der Waals surface area contributed by atoms with Gasteiger partial charge in [0.25, 0.3) is 0 Å². The van der Waals surface area contributed by atoms with Crippen LogP contribution < -0.4 is 0 Å². The summed E-state index contributed by atoms with van der Waals surface area (Å²) in [7, 11) is 0. The van der Waals surface area contributed by atoms with Crippen molar-refractivity contribution >= 4 is 110 Å². The Balaban J connectivity index is 1.06. The summed E-state index contributed by atoms with van der Waals surface area (Å²) in [5, 5.41) is 11.2. The summed E-state index contributed by atoms with van der Waals surface area (Å²) in [6, 6.07) is 64.1. The Morgan fingerprint density at radius 2 is 1.06 bits per heavy atom. The average molecular weight is 824 g/mol. The van der Waals surface area contributed by atoms with Crippen LogP contribution in [0.15, 0.2) is 205 Å². The molecule has 2 atom stereocenters. The first-order valence-corrected chi connectivity index (χ1v) is 22.0. The molecule has 302 valence electrons.